The van der Waals surface area contributed by atoms with E-state index in [-0.39, 0.29) is 23.9 Å². The molecular formula is C24H25N5O4. The summed E-state index contributed by atoms with van der Waals surface area (Å²) in [6, 6.07) is 14.4. The van der Waals surface area contributed by atoms with Crippen LogP contribution in [0.1, 0.15) is 16.9 Å². The molecular weight excluding hydrogens is 422 g/mol. The summed E-state index contributed by atoms with van der Waals surface area (Å²) in [5.74, 6) is 1.02. The number of aryl methyl sites for hydroxylation is 1. The molecule has 9 nitrogen and oxygen atoms in total. The summed E-state index contributed by atoms with van der Waals surface area (Å²) in [7, 11) is 4.91. The molecule has 0 unspecified atom stereocenters. The molecule has 2 amide bonds. The van der Waals surface area contributed by atoms with Crippen LogP contribution in [0.3, 0.4) is 0 Å². The van der Waals surface area contributed by atoms with Crippen LogP contribution in [0.4, 0.5) is 11.4 Å². The van der Waals surface area contributed by atoms with Crippen molar-refractivity contribution >= 4 is 23.2 Å². The van der Waals surface area contributed by atoms with Crippen molar-refractivity contribution in [2.24, 2.45) is 7.05 Å². The molecule has 2 aromatic carbocycles. The first-order chi connectivity index (χ1) is 16.0. The van der Waals surface area contributed by atoms with Crippen LogP contribution >= 0.6 is 0 Å². The molecule has 2 N–H and O–H groups in total. The van der Waals surface area contributed by atoms with Crippen LogP contribution in [0.15, 0.2) is 48.5 Å². The van der Waals surface area contributed by atoms with Gasteiger partial charge in [0.05, 0.1) is 31.3 Å². The SMILES string of the molecule is COc1ccc(OC)c(-c2cc(C(=O)N[C@H]3C[C@H]4C(=O)Nc5ccccc5N4C3)n(C)n2)c1. The average Bonchev–Trinajstić information content (AvgIpc) is 3.43. The lowest BCUT2D eigenvalue weighted by Crippen LogP contribution is -2.44. The van der Waals surface area contributed by atoms with Gasteiger partial charge >= 0.3 is 0 Å². The zero-order valence-corrected chi connectivity index (χ0v) is 18.7. The van der Waals surface area contributed by atoms with Crippen LogP contribution in [0.2, 0.25) is 0 Å². The number of methoxy groups -OCH3 is 2. The molecule has 170 valence electrons. The van der Waals surface area contributed by atoms with Gasteiger partial charge in [0.15, 0.2) is 0 Å². The highest BCUT2D eigenvalue weighted by molar-refractivity contribution is 6.04. The summed E-state index contributed by atoms with van der Waals surface area (Å²) in [5, 5.41) is 10.6. The van der Waals surface area contributed by atoms with Crippen molar-refractivity contribution in [1.29, 1.82) is 0 Å². The number of fused-ring (bicyclic) bond motifs is 3. The van der Waals surface area contributed by atoms with Crippen LogP contribution in [-0.2, 0) is 11.8 Å². The van der Waals surface area contributed by atoms with Crippen molar-refractivity contribution < 1.29 is 19.1 Å². The van der Waals surface area contributed by atoms with Gasteiger partial charge in [-0.1, -0.05) is 12.1 Å². The van der Waals surface area contributed by atoms with E-state index in [2.05, 4.69) is 20.6 Å². The maximum absolute atomic E-state index is 13.1. The fraction of sp³-hybridized carbons (Fsp3) is 0.292. The number of para-hydroxylation sites is 2. The zero-order chi connectivity index (χ0) is 23.1. The largest absolute Gasteiger partial charge is 0.497 e. The van der Waals surface area contributed by atoms with Gasteiger partial charge in [-0.05, 0) is 42.8 Å². The van der Waals surface area contributed by atoms with Gasteiger partial charge in [-0.15, -0.1) is 0 Å². The molecule has 2 aliphatic rings. The number of anilines is 2. The molecule has 2 aliphatic heterocycles. The van der Waals surface area contributed by atoms with Gasteiger partial charge in [0.1, 0.15) is 23.2 Å². The van der Waals surface area contributed by atoms with Crippen LogP contribution in [0, 0.1) is 0 Å². The van der Waals surface area contributed by atoms with Crippen LogP contribution < -0.4 is 25.0 Å². The van der Waals surface area contributed by atoms with E-state index in [1.54, 1.807) is 38.1 Å². The topological polar surface area (TPSA) is 97.7 Å². The molecule has 1 saturated heterocycles. The van der Waals surface area contributed by atoms with Gasteiger partial charge in [-0.3, -0.25) is 14.3 Å². The van der Waals surface area contributed by atoms with Crippen LogP contribution in [0.25, 0.3) is 11.3 Å². The first-order valence-corrected chi connectivity index (χ1v) is 10.7. The number of ether oxygens (including phenoxy) is 2. The van der Waals surface area contributed by atoms with E-state index in [0.29, 0.717) is 35.9 Å². The number of nitrogens with one attached hydrogen (secondary N) is 2. The predicted octanol–water partition coefficient (Wildman–Crippen LogP) is 2.43. The van der Waals surface area contributed by atoms with Crippen molar-refractivity contribution in [2.45, 2.75) is 18.5 Å². The summed E-state index contributed by atoms with van der Waals surface area (Å²) in [6.45, 7) is 0.565. The highest BCUT2D eigenvalue weighted by Crippen LogP contribution is 2.37. The normalized spacial score (nSPS) is 18.9. The number of nitrogens with zero attached hydrogens (tertiary/aromatic N) is 3. The Kier molecular flexibility index (Phi) is 5.16. The second-order valence-electron chi connectivity index (χ2n) is 8.19. The number of hydrogen-bond donors (Lipinski definition) is 2. The minimum atomic E-state index is -0.298. The highest BCUT2D eigenvalue weighted by atomic mass is 16.5. The van der Waals surface area contributed by atoms with Crippen molar-refractivity contribution in [3.05, 3.63) is 54.2 Å². The molecule has 9 heteroatoms. The van der Waals surface area contributed by atoms with Gasteiger partial charge in [-0.25, -0.2) is 0 Å². The molecule has 2 atom stereocenters. The Balaban J connectivity index is 1.36. The smallest absolute Gasteiger partial charge is 0.269 e. The van der Waals surface area contributed by atoms with Gasteiger partial charge < -0.3 is 25.0 Å². The molecule has 0 aliphatic carbocycles. The number of carbonyl (C=O) groups excluding carboxylic acids is 2. The third kappa shape index (κ3) is 3.65. The fourth-order valence-electron chi connectivity index (χ4n) is 4.59. The molecule has 3 heterocycles. The maximum Gasteiger partial charge on any atom is 0.269 e. The Bertz CT molecular complexity index is 1240. The number of carbonyl (C=O) groups is 2. The Morgan fingerprint density at radius 2 is 1.97 bits per heavy atom. The first-order valence-electron chi connectivity index (χ1n) is 10.7. The minimum absolute atomic E-state index is 0.0432. The van der Waals surface area contributed by atoms with Crippen LogP contribution in [-0.4, -0.2) is 54.4 Å². The Hall–Kier alpha value is -4.01. The quantitative estimate of drug-likeness (QED) is 0.624. The molecule has 0 saturated carbocycles. The molecule has 0 bridgehead atoms. The maximum atomic E-state index is 13.1. The third-order valence-corrected chi connectivity index (χ3v) is 6.21. The molecule has 1 aromatic heterocycles. The molecule has 0 spiro atoms. The minimum Gasteiger partial charge on any atom is -0.497 e. The second kappa shape index (κ2) is 8.16. The lowest BCUT2D eigenvalue weighted by Gasteiger charge is -2.32. The Morgan fingerprint density at radius 1 is 1.15 bits per heavy atom. The van der Waals surface area contributed by atoms with Crippen molar-refractivity contribution in [3.63, 3.8) is 0 Å². The molecule has 3 aromatic rings. The molecule has 0 radical (unpaired) electrons. The number of amides is 2. The van der Waals surface area contributed by atoms with E-state index in [1.165, 1.54) is 0 Å². The van der Waals surface area contributed by atoms with E-state index in [0.717, 1.165) is 16.9 Å². The Labute approximate surface area is 191 Å². The number of aromatic nitrogens is 2. The summed E-state index contributed by atoms with van der Waals surface area (Å²) < 4.78 is 12.3. The van der Waals surface area contributed by atoms with E-state index >= 15 is 0 Å². The van der Waals surface area contributed by atoms with Gasteiger partial charge in [0.2, 0.25) is 5.91 Å². The van der Waals surface area contributed by atoms with Crippen molar-refractivity contribution in [2.75, 3.05) is 31.0 Å². The summed E-state index contributed by atoms with van der Waals surface area (Å²) in [4.78, 5) is 27.8. The fourth-order valence-corrected chi connectivity index (χ4v) is 4.59. The van der Waals surface area contributed by atoms with E-state index in [1.807, 2.05) is 36.4 Å². The van der Waals surface area contributed by atoms with E-state index in [9.17, 15) is 9.59 Å². The second-order valence-corrected chi connectivity index (χ2v) is 8.19. The molecule has 1 fully saturated rings. The number of rotatable bonds is 5. The van der Waals surface area contributed by atoms with Crippen molar-refractivity contribution in [1.82, 2.24) is 15.1 Å². The van der Waals surface area contributed by atoms with E-state index < -0.39 is 0 Å². The highest BCUT2D eigenvalue weighted by Gasteiger charge is 2.41. The summed E-state index contributed by atoms with van der Waals surface area (Å²) >= 11 is 0. The van der Waals surface area contributed by atoms with E-state index in [4.69, 9.17) is 9.47 Å². The lowest BCUT2D eigenvalue weighted by molar-refractivity contribution is -0.117. The van der Waals surface area contributed by atoms with Gasteiger partial charge in [0.25, 0.3) is 5.91 Å². The lowest BCUT2D eigenvalue weighted by atomic mass is 10.1. The first kappa shape index (κ1) is 20.9. The number of hydrogen-bond acceptors (Lipinski definition) is 6. The molecule has 33 heavy (non-hydrogen) atoms. The zero-order valence-electron chi connectivity index (χ0n) is 18.7. The number of benzene rings is 2. The summed E-state index contributed by atoms with van der Waals surface area (Å²) in [5.41, 5.74) is 3.54. The monoisotopic (exact) mass is 447 g/mol. The standard InChI is InChI=1S/C24H25N5O4/c1-28-20(12-18(27-28)16-11-15(32-2)8-9-22(16)33-3)23(30)25-14-10-21-24(31)26-17-6-4-5-7-19(17)29(21)13-14/h4-9,11-12,14,21H,10,13H2,1-3H3,(H,25,30)(H,26,31)/t14-,21-/m0/s1. The van der Waals surface area contributed by atoms with Crippen molar-refractivity contribution in [3.8, 4) is 22.8 Å². The Morgan fingerprint density at radius 3 is 2.76 bits per heavy atom. The predicted molar refractivity (Wildman–Crippen MR) is 124 cm³/mol. The third-order valence-electron chi connectivity index (χ3n) is 6.21. The van der Waals surface area contributed by atoms with Crippen LogP contribution in [0.5, 0.6) is 11.5 Å². The molecule has 5 rings (SSSR count). The van der Waals surface area contributed by atoms with Gasteiger partial charge in [-0.2, -0.15) is 5.10 Å². The van der Waals surface area contributed by atoms with Gasteiger partial charge in [0, 0.05) is 25.2 Å². The average molecular weight is 447 g/mol. The summed E-state index contributed by atoms with van der Waals surface area (Å²) in [6.07, 6.45) is 0.542.